The van der Waals surface area contributed by atoms with E-state index in [-0.39, 0.29) is 24.0 Å². The number of nitrogens with one attached hydrogen (secondary N) is 2. The number of hydrogen-bond donors (Lipinski definition) is 2. The largest absolute Gasteiger partial charge is 0.382 e. The molecule has 0 spiro atoms. The van der Waals surface area contributed by atoms with E-state index in [4.69, 9.17) is 4.98 Å². The minimum absolute atomic E-state index is 0.0162. The van der Waals surface area contributed by atoms with Crippen molar-refractivity contribution in [3.05, 3.63) is 42.2 Å². The van der Waals surface area contributed by atoms with E-state index in [0.717, 1.165) is 57.6 Å². The van der Waals surface area contributed by atoms with Crippen molar-refractivity contribution in [2.75, 3.05) is 10.2 Å². The topological polar surface area (TPSA) is 124 Å². The molecular weight excluding hydrogens is 486 g/mol. The Morgan fingerprint density at radius 2 is 2.08 bits per heavy atom. The molecular formula is C26H27N9OS. The first-order valence-electron chi connectivity index (χ1n) is 12.5. The van der Waals surface area contributed by atoms with Crippen LogP contribution in [0.5, 0.6) is 0 Å². The number of rotatable bonds is 6. The van der Waals surface area contributed by atoms with Crippen LogP contribution in [0.15, 0.2) is 36.7 Å². The monoisotopic (exact) mass is 513 g/mol. The highest BCUT2D eigenvalue weighted by Crippen LogP contribution is 2.44. The third-order valence-electron chi connectivity index (χ3n) is 7.03. The third kappa shape index (κ3) is 4.17. The minimum Gasteiger partial charge on any atom is -0.382 e. The van der Waals surface area contributed by atoms with Crippen molar-refractivity contribution in [3.8, 4) is 28.0 Å². The second-order valence-electron chi connectivity index (χ2n) is 9.96. The number of hydrogen-bond acceptors (Lipinski definition) is 9. The quantitative estimate of drug-likeness (QED) is 0.398. The summed E-state index contributed by atoms with van der Waals surface area (Å²) < 4.78 is 1.79. The van der Waals surface area contributed by atoms with E-state index in [1.807, 2.05) is 30.5 Å². The molecule has 4 aromatic rings. The predicted octanol–water partition coefficient (Wildman–Crippen LogP) is 3.85. The van der Waals surface area contributed by atoms with Crippen molar-refractivity contribution < 1.29 is 4.79 Å². The van der Waals surface area contributed by atoms with Crippen LogP contribution in [-0.4, -0.2) is 54.9 Å². The Kier molecular flexibility index (Phi) is 5.76. The Balaban J connectivity index is 1.34. The summed E-state index contributed by atoms with van der Waals surface area (Å²) in [5.41, 5.74) is 4.78. The van der Waals surface area contributed by atoms with E-state index in [1.54, 1.807) is 29.0 Å². The molecule has 3 atom stereocenters. The predicted molar refractivity (Wildman–Crippen MR) is 142 cm³/mol. The van der Waals surface area contributed by atoms with Crippen LogP contribution >= 0.6 is 11.3 Å². The van der Waals surface area contributed by atoms with Gasteiger partial charge in [0.25, 0.3) is 0 Å². The highest BCUT2D eigenvalue weighted by Gasteiger charge is 2.48. The molecule has 2 aliphatic rings. The molecule has 0 aliphatic carbocycles. The summed E-state index contributed by atoms with van der Waals surface area (Å²) in [4.78, 5) is 18.8. The molecule has 188 valence electrons. The summed E-state index contributed by atoms with van der Waals surface area (Å²) in [5, 5.41) is 31.1. The molecule has 0 unspecified atom stereocenters. The van der Waals surface area contributed by atoms with Crippen molar-refractivity contribution in [1.29, 1.82) is 5.26 Å². The smallest absolute Gasteiger partial charge is 0.217 e. The summed E-state index contributed by atoms with van der Waals surface area (Å²) in [5.74, 6) is 0.0162. The summed E-state index contributed by atoms with van der Waals surface area (Å²) in [6.07, 6.45) is 6.51. The van der Waals surface area contributed by atoms with Crippen LogP contribution in [0.1, 0.15) is 45.6 Å². The molecule has 2 saturated heterocycles. The van der Waals surface area contributed by atoms with Gasteiger partial charge in [0, 0.05) is 30.9 Å². The fourth-order valence-corrected chi connectivity index (χ4v) is 6.58. The van der Waals surface area contributed by atoms with Crippen LogP contribution in [-0.2, 0) is 4.79 Å². The van der Waals surface area contributed by atoms with E-state index in [1.165, 1.54) is 0 Å². The lowest BCUT2D eigenvalue weighted by Gasteiger charge is -2.23. The van der Waals surface area contributed by atoms with Gasteiger partial charge in [-0.3, -0.25) is 9.78 Å². The number of fused-ring (bicyclic) bond motifs is 3. The average molecular weight is 514 g/mol. The van der Waals surface area contributed by atoms with Crippen LogP contribution in [0.2, 0.25) is 0 Å². The van der Waals surface area contributed by atoms with Gasteiger partial charge in [0.15, 0.2) is 5.01 Å². The Morgan fingerprint density at radius 3 is 2.86 bits per heavy atom. The van der Waals surface area contributed by atoms with Gasteiger partial charge in [-0.05, 0) is 57.4 Å². The standard InChI is InChI=1S/C26H27N9OS/c1-14(2)30-20-10-21(24-7-5-18-8-16(11-27)12-29-35(18)24)28-13-19(20)25-32-33-26(37-25)34-17-4-6-23(34)22(9-17)31-15(3)36/h5,7-8,10,12-14,17,22-23H,4,6,9H2,1-3H3,(H,28,30)(H,31,36)/t17-,22+,23+/m0/s1. The SMILES string of the molecule is CC(=O)N[C@@H]1C[C@@H]2CC[C@H]1N2c1nnc(-c2cnc(-c3ccc4cc(C#N)cnn34)cc2NC(C)C)s1. The minimum atomic E-state index is 0.0162. The summed E-state index contributed by atoms with van der Waals surface area (Å²) in [6.45, 7) is 5.77. The molecule has 6 rings (SSSR count). The van der Waals surface area contributed by atoms with Crippen molar-refractivity contribution >= 4 is 33.6 Å². The fraction of sp³-hybridized carbons (Fsp3) is 0.385. The van der Waals surface area contributed by atoms with Gasteiger partial charge < -0.3 is 15.5 Å². The zero-order valence-corrected chi connectivity index (χ0v) is 21.7. The zero-order chi connectivity index (χ0) is 25.7. The summed E-state index contributed by atoms with van der Waals surface area (Å²) >= 11 is 1.57. The van der Waals surface area contributed by atoms with Crippen LogP contribution in [0.4, 0.5) is 10.8 Å². The van der Waals surface area contributed by atoms with Crippen molar-refractivity contribution in [3.63, 3.8) is 0 Å². The average Bonchev–Trinajstić information content (AvgIpc) is 3.65. The molecule has 10 nitrogen and oxygen atoms in total. The lowest BCUT2D eigenvalue weighted by atomic mass is 9.95. The highest BCUT2D eigenvalue weighted by molar-refractivity contribution is 7.18. The number of anilines is 2. The molecule has 0 saturated carbocycles. The van der Waals surface area contributed by atoms with Crippen LogP contribution < -0.4 is 15.5 Å². The number of nitriles is 1. The normalized spacial score (nSPS) is 20.5. The lowest BCUT2D eigenvalue weighted by molar-refractivity contribution is -0.119. The van der Waals surface area contributed by atoms with Gasteiger partial charge in [0.2, 0.25) is 11.0 Å². The highest BCUT2D eigenvalue weighted by atomic mass is 32.1. The Bertz CT molecular complexity index is 1530. The molecule has 2 fully saturated rings. The molecule has 0 radical (unpaired) electrons. The number of aromatic nitrogens is 5. The number of carbonyl (C=O) groups is 1. The van der Waals surface area contributed by atoms with Crippen LogP contribution in [0, 0.1) is 11.3 Å². The molecule has 11 heteroatoms. The van der Waals surface area contributed by atoms with Crippen molar-refractivity contribution in [2.24, 2.45) is 0 Å². The zero-order valence-electron chi connectivity index (χ0n) is 20.8. The van der Waals surface area contributed by atoms with E-state index in [0.29, 0.717) is 11.6 Å². The van der Waals surface area contributed by atoms with Crippen molar-refractivity contribution in [2.45, 2.75) is 64.2 Å². The maximum Gasteiger partial charge on any atom is 0.217 e. The van der Waals surface area contributed by atoms with E-state index >= 15 is 0 Å². The Morgan fingerprint density at radius 1 is 1.22 bits per heavy atom. The first-order chi connectivity index (χ1) is 17.9. The molecule has 2 N–H and O–H groups in total. The summed E-state index contributed by atoms with van der Waals surface area (Å²) in [7, 11) is 0. The number of nitrogens with zero attached hydrogens (tertiary/aromatic N) is 7. The summed E-state index contributed by atoms with van der Waals surface area (Å²) in [6, 6.07) is 10.9. The van der Waals surface area contributed by atoms with Crippen LogP contribution in [0.3, 0.4) is 0 Å². The Labute approximate surface area is 218 Å². The molecule has 1 amide bonds. The maximum absolute atomic E-state index is 11.7. The fourth-order valence-electron chi connectivity index (χ4n) is 5.58. The van der Waals surface area contributed by atoms with Crippen molar-refractivity contribution in [1.82, 2.24) is 30.1 Å². The third-order valence-corrected chi connectivity index (χ3v) is 8.00. The van der Waals surface area contributed by atoms with Gasteiger partial charge in [-0.25, -0.2) is 4.52 Å². The molecule has 2 bridgehead atoms. The molecule has 4 aromatic heterocycles. The molecule has 37 heavy (non-hydrogen) atoms. The Hall–Kier alpha value is -4.04. The number of amides is 1. The van der Waals surface area contributed by atoms with Gasteiger partial charge >= 0.3 is 0 Å². The first kappa shape index (κ1) is 23.4. The molecule has 0 aromatic carbocycles. The molecule has 2 aliphatic heterocycles. The van der Waals surface area contributed by atoms with Crippen LogP contribution in [0.25, 0.3) is 27.5 Å². The van der Waals surface area contributed by atoms with Gasteiger partial charge in [-0.1, -0.05) is 11.3 Å². The van der Waals surface area contributed by atoms with Gasteiger partial charge in [0.1, 0.15) is 6.07 Å². The van der Waals surface area contributed by atoms with Gasteiger partial charge in [0.05, 0.1) is 46.3 Å². The second kappa shape index (κ2) is 9.12. The lowest BCUT2D eigenvalue weighted by Crippen LogP contribution is -2.43. The first-order valence-corrected chi connectivity index (χ1v) is 13.3. The second-order valence-corrected chi connectivity index (χ2v) is 10.9. The van der Waals surface area contributed by atoms with Gasteiger partial charge in [-0.15, -0.1) is 10.2 Å². The molecule has 6 heterocycles. The van der Waals surface area contributed by atoms with E-state index in [9.17, 15) is 10.1 Å². The number of pyridine rings is 1. The van der Waals surface area contributed by atoms with E-state index < -0.39 is 0 Å². The number of carbonyl (C=O) groups excluding carboxylic acids is 1. The van der Waals surface area contributed by atoms with E-state index in [2.05, 4.69) is 50.7 Å². The maximum atomic E-state index is 11.7. The van der Waals surface area contributed by atoms with Gasteiger partial charge in [-0.2, -0.15) is 10.4 Å².